The summed E-state index contributed by atoms with van der Waals surface area (Å²) in [7, 11) is -3.46. The third-order valence-electron chi connectivity index (χ3n) is 4.72. The predicted molar refractivity (Wildman–Crippen MR) is 90.8 cm³/mol. The molecule has 1 aliphatic rings. The minimum Gasteiger partial charge on any atom is -0.419 e. The van der Waals surface area contributed by atoms with Crippen molar-refractivity contribution in [2.24, 2.45) is 0 Å². The van der Waals surface area contributed by atoms with Gasteiger partial charge in [0.15, 0.2) is 7.83 Å². The van der Waals surface area contributed by atoms with Crippen LogP contribution in [0.3, 0.4) is 0 Å². The number of hydrogen-bond acceptors (Lipinski definition) is 1. The molecular weight excluding hydrogens is 276 g/mol. The van der Waals surface area contributed by atoms with Gasteiger partial charge in [-0.3, -0.25) is 0 Å². The van der Waals surface area contributed by atoms with E-state index in [4.69, 9.17) is 4.43 Å². The van der Waals surface area contributed by atoms with E-state index in [1.165, 1.54) is 12.5 Å². The van der Waals surface area contributed by atoms with Crippen molar-refractivity contribution in [3.8, 4) is 0 Å². The molecule has 104 valence electrons. The van der Waals surface area contributed by atoms with E-state index in [1.807, 2.05) is 0 Å². The number of benzene rings is 2. The van der Waals surface area contributed by atoms with Crippen LogP contribution in [0.1, 0.15) is 6.42 Å². The maximum atomic E-state index is 6.39. The van der Waals surface area contributed by atoms with Gasteiger partial charge in [0, 0.05) is 6.61 Å². The van der Waals surface area contributed by atoms with Gasteiger partial charge in [0.25, 0.3) is 0 Å². The van der Waals surface area contributed by atoms with Gasteiger partial charge < -0.3 is 4.43 Å². The first-order valence-corrected chi connectivity index (χ1v) is 13.5. The lowest BCUT2D eigenvalue weighted by molar-refractivity contribution is 0.309. The second-order valence-corrected chi connectivity index (χ2v) is 19.0. The smallest absolute Gasteiger partial charge is 0.184 e. The largest absolute Gasteiger partial charge is 0.419 e. The van der Waals surface area contributed by atoms with Crippen LogP contribution in [0.15, 0.2) is 60.7 Å². The second kappa shape index (κ2) is 5.32. The maximum absolute atomic E-state index is 6.39. The molecule has 0 aromatic heterocycles. The van der Waals surface area contributed by atoms with E-state index in [0.717, 1.165) is 6.61 Å². The van der Waals surface area contributed by atoms with Gasteiger partial charge in [0.05, 0.1) is 0 Å². The molecule has 1 aliphatic heterocycles. The van der Waals surface area contributed by atoms with Crippen molar-refractivity contribution < 1.29 is 4.43 Å². The lowest BCUT2D eigenvalue weighted by Crippen LogP contribution is -2.76. The van der Waals surface area contributed by atoms with Gasteiger partial charge in [-0.15, -0.1) is 0 Å². The van der Waals surface area contributed by atoms with Crippen LogP contribution in [0.4, 0.5) is 0 Å². The Bertz CT molecular complexity index is 527. The lowest BCUT2D eigenvalue weighted by Gasteiger charge is -2.47. The summed E-state index contributed by atoms with van der Waals surface area (Å²) in [6.45, 7) is 5.81. The van der Waals surface area contributed by atoms with Gasteiger partial charge in [0.1, 0.15) is 7.59 Å². The zero-order valence-electron chi connectivity index (χ0n) is 12.3. The van der Waals surface area contributed by atoms with Crippen LogP contribution in [0.25, 0.3) is 0 Å². The molecule has 0 N–H and O–H groups in total. The molecule has 20 heavy (non-hydrogen) atoms. The third-order valence-corrected chi connectivity index (χ3v) is 20.5. The summed E-state index contributed by atoms with van der Waals surface area (Å²) < 4.78 is 6.39. The highest BCUT2D eigenvalue weighted by Crippen LogP contribution is 2.30. The standard InChI is InChI=1S/C17H22OSi2/c1-19(2)18-14-9-15-20(19,16-10-5-3-6-11-16)17-12-7-4-8-13-17/h3-8,10-13H,9,14-15H2,1-2H3. The molecule has 0 unspecified atom stereocenters. The summed E-state index contributed by atoms with van der Waals surface area (Å²) in [6.07, 6.45) is 1.20. The predicted octanol–water partition coefficient (Wildman–Crippen LogP) is 2.95. The van der Waals surface area contributed by atoms with Crippen molar-refractivity contribution in [1.82, 2.24) is 0 Å². The highest BCUT2D eigenvalue weighted by molar-refractivity contribution is 7.49. The molecule has 0 amide bonds. The van der Waals surface area contributed by atoms with E-state index < -0.39 is 15.4 Å². The molecule has 0 aliphatic carbocycles. The molecule has 1 nitrogen and oxygen atoms in total. The van der Waals surface area contributed by atoms with Crippen LogP contribution >= 0.6 is 0 Å². The molecule has 0 atom stereocenters. The van der Waals surface area contributed by atoms with E-state index in [2.05, 4.69) is 73.8 Å². The average molecular weight is 299 g/mol. The molecule has 0 saturated carbocycles. The Labute approximate surface area is 123 Å². The van der Waals surface area contributed by atoms with Crippen molar-refractivity contribution in [1.29, 1.82) is 0 Å². The molecule has 1 heterocycles. The molecule has 1 saturated heterocycles. The van der Waals surface area contributed by atoms with Gasteiger partial charge in [-0.1, -0.05) is 71.0 Å². The number of rotatable bonds is 2. The summed E-state index contributed by atoms with van der Waals surface area (Å²) in [5.41, 5.74) is 0. The van der Waals surface area contributed by atoms with Gasteiger partial charge in [-0.05, 0) is 25.6 Å². The van der Waals surface area contributed by atoms with E-state index in [1.54, 1.807) is 10.4 Å². The summed E-state index contributed by atoms with van der Waals surface area (Å²) in [6, 6.07) is 23.7. The quantitative estimate of drug-likeness (QED) is 0.775. The third kappa shape index (κ3) is 2.10. The van der Waals surface area contributed by atoms with E-state index in [9.17, 15) is 0 Å². The van der Waals surface area contributed by atoms with Crippen LogP contribution in [-0.4, -0.2) is 22.0 Å². The molecule has 2 aromatic carbocycles. The average Bonchev–Trinajstić information content (AvgIpc) is 2.49. The zero-order valence-corrected chi connectivity index (χ0v) is 14.3. The molecule has 1 fully saturated rings. The Hall–Kier alpha value is -1.17. The molecule has 2 aromatic rings. The fourth-order valence-electron chi connectivity index (χ4n) is 3.68. The van der Waals surface area contributed by atoms with E-state index >= 15 is 0 Å². The fraction of sp³-hybridized carbons (Fsp3) is 0.294. The van der Waals surface area contributed by atoms with E-state index in [-0.39, 0.29) is 0 Å². The maximum Gasteiger partial charge on any atom is 0.184 e. The van der Waals surface area contributed by atoms with Gasteiger partial charge in [-0.25, -0.2) is 0 Å². The Morgan fingerprint density at radius 3 is 1.75 bits per heavy atom. The Balaban J connectivity index is 2.23. The molecule has 3 heteroatoms. The minimum absolute atomic E-state index is 0.952. The summed E-state index contributed by atoms with van der Waals surface area (Å²) in [5, 5.41) is 3.12. The van der Waals surface area contributed by atoms with Crippen LogP contribution < -0.4 is 10.4 Å². The normalized spacial score (nSPS) is 20.5. The molecule has 0 bridgehead atoms. The first-order chi connectivity index (χ1) is 9.67. The minimum atomic E-state index is -1.75. The van der Waals surface area contributed by atoms with Crippen LogP contribution in [0.2, 0.25) is 19.1 Å². The monoisotopic (exact) mass is 298 g/mol. The van der Waals surface area contributed by atoms with Crippen molar-refractivity contribution in [3.63, 3.8) is 0 Å². The van der Waals surface area contributed by atoms with Crippen LogP contribution in [0, 0.1) is 0 Å². The molecule has 0 spiro atoms. The van der Waals surface area contributed by atoms with Crippen molar-refractivity contribution in [2.75, 3.05) is 6.61 Å². The van der Waals surface area contributed by atoms with Crippen molar-refractivity contribution in [3.05, 3.63) is 60.7 Å². The zero-order chi connectivity index (χ0) is 14.1. The van der Waals surface area contributed by atoms with Crippen molar-refractivity contribution >= 4 is 25.8 Å². The first-order valence-electron chi connectivity index (χ1n) is 7.42. The van der Waals surface area contributed by atoms with Crippen molar-refractivity contribution in [2.45, 2.75) is 25.6 Å². The Morgan fingerprint density at radius 1 is 0.800 bits per heavy atom. The second-order valence-electron chi connectivity index (χ2n) is 6.10. The SMILES string of the molecule is C[Si]1(C)OCCC[Si]1(c1ccccc1)c1ccccc1. The molecule has 0 radical (unpaired) electrons. The Morgan fingerprint density at radius 2 is 1.30 bits per heavy atom. The van der Waals surface area contributed by atoms with E-state index in [0.29, 0.717) is 0 Å². The summed E-state index contributed by atoms with van der Waals surface area (Å²) in [5.74, 6) is 0. The van der Waals surface area contributed by atoms with Crippen LogP contribution in [0.5, 0.6) is 0 Å². The van der Waals surface area contributed by atoms with Gasteiger partial charge >= 0.3 is 0 Å². The fourth-order valence-corrected chi connectivity index (χ4v) is 18.2. The van der Waals surface area contributed by atoms with Gasteiger partial charge in [-0.2, -0.15) is 0 Å². The molecular formula is C17H22OSi2. The highest BCUT2D eigenvalue weighted by atomic mass is 29.3. The topological polar surface area (TPSA) is 9.23 Å². The van der Waals surface area contributed by atoms with Crippen LogP contribution in [-0.2, 0) is 4.43 Å². The highest BCUT2D eigenvalue weighted by Gasteiger charge is 2.54. The number of hydrogen-bond donors (Lipinski definition) is 0. The lowest BCUT2D eigenvalue weighted by atomic mass is 10.4. The molecule has 3 rings (SSSR count). The summed E-state index contributed by atoms with van der Waals surface area (Å²) >= 11 is 0. The summed E-state index contributed by atoms with van der Waals surface area (Å²) in [4.78, 5) is 0. The first kappa shape index (κ1) is 13.8. The van der Waals surface area contributed by atoms with Gasteiger partial charge in [0.2, 0.25) is 0 Å². The Kier molecular flexibility index (Phi) is 3.67.